The summed E-state index contributed by atoms with van der Waals surface area (Å²) in [6.07, 6.45) is 3.88. The van der Waals surface area contributed by atoms with Crippen molar-refractivity contribution < 1.29 is 4.74 Å². The topological polar surface area (TPSA) is 34.1 Å². The zero-order chi connectivity index (χ0) is 12.9. The monoisotopic (exact) mass is 236 g/mol. The summed E-state index contributed by atoms with van der Waals surface area (Å²) >= 11 is 0. The molecular weight excluding hydrogens is 212 g/mol. The van der Waals surface area contributed by atoms with Crippen LogP contribution >= 0.6 is 0 Å². The molecule has 1 rings (SSSR count). The van der Waals surface area contributed by atoms with Crippen molar-refractivity contribution in [3.8, 4) is 0 Å². The fraction of sp³-hybridized carbons (Fsp3) is 0.643. The third kappa shape index (κ3) is 2.85. The van der Waals surface area contributed by atoms with E-state index in [1.165, 1.54) is 5.56 Å². The summed E-state index contributed by atoms with van der Waals surface area (Å²) in [5.74, 6) is 0. The van der Waals surface area contributed by atoms with Gasteiger partial charge in [-0.15, -0.1) is 0 Å². The first-order valence-corrected chi connectivity index (χ1v) is 6.28. The highest BCUT2D eigenvalue weighted by molar-refractivity contribution is 5.20. The molecular formula is C14H24N2O. The minimum atomic E-state index is -0.161. The Balaban J connectivity index is 3.08. The van der Waals surface area contributed by atoms with Gasteiger partial charge in [0.25, 0.3) is 0 Å². The number of nitrogens with zero attached hydrogens (tertiary/aromatic N) is 1. The minimum absolute atomic E-state index is 0.161. The third-order valence-electron chi connectivity index (χ3n) is 3.69. The molecule has 17 heavy (non-hydrogen) atoms. The van der Waals surface area contributed by atoms with Gasteiger partial charge in [-0.2, -0.15) is 0 Å². The zero-order valence-corrected chi connectivity index (χ0v) is 11.6. The number of pyridine rings is 1. The molecule has 0 aromatic carbocycles. The largest absolute Gasteiger partial charge is 0.376 e. The van der Waals surface area contributed by atoms with Gasteiger partial charge in [0.05, 0.1) is 11.6 Å². The number of aromatic nitrogens is 1. The van der Waals surface area contributed by atoms with E-state index in [0.29, 0.717) is 0 Å². The summed E-state index contributed by atoms with van der Waals surface area (Å²) in [7, 11) is 3.77. The molecule has 0 fully saturated rings. The maximum atomic E-state index is 5.78. The Morgan fingerprint density at radius 1 is 1.35 bits per heavy atom. The van der Waals surface area contributed by atoms with Gasteiger partial charge in [0.2, 0.25) is 0 Å². The van der Waals surface area contributed by atoms with Crippen LogP contribution in [0.4, 0.5) is 0 Å². The lowest BCUT2D eigenvalue weighted by molar-refractivity contribution is -0.0468. The van der Waals surface area contributed by atoms with Gasteiger partial charge in [-0.3, -0.25) is 4.98 Å². The molecule has 0 saturated heterocycles. The predicted octanol–water partition coefficient (Wildman–Crippen LogP) is 2.86. The van der Waals surface area contributed by atoms with Gasteiger partial charge in [0, 0.05) is 19.0 Å². The number of hydrogen-bond donors (Lipinski definition) is 1. The van der Waals surface area contributed by atoms with Crippen LogP contribution in [-0.2, 0) is 4.74 Å². The van der Waals surface area contributed by atoms with Crippen molar-refractivity contribution in [3.05, 3.63) is 29.6 Å². The van der Waals surface area contributed by atoms with Crippen molar-refractivity contribution in [2.45, 2.75) is 45.3 Å². The highest BCUT2D eigenvalue weighted by Gasteiger charge is 2.35. The van der Waals surface area contributed by atoms with Gasteiger partial charge in [0.1, 0.15) is 0 Å². The number of aryl methyl sites for hydroxylation is 1. The second-order valence-corrected chi connectivity index (χ2v) is 4.43. The molecule has 96 valence electrons. The average Bonchev–Trinajstić information content (AvgIpc) is 2.38. The maximum Gasteiger partial charge on any atom is 0.0867 e. The molecule has 0 aliphatic carbocycles. The van der Waals surface area contributed by atoms with E-state index in [-0.39, 0.29) is 11.6 Å². The lowest BCUT2D eigenvalue weighted by Gasteiger charge is -2.38. The van der Waals surface area contributed by atoms with E-state index in [2.05, 4.69) is 30.2 Å². The van der Waals surface area contributed by atoms with Crippen molar-refractivity contribution in [2.24, 2.45) is 0 Å². The number of likely N-dealkylation sites (N-methyl/N-ethyl adjacent to an activating group) is 1. The van der Waals surface area contributed by atoms with E-state index in [0.717, 1.165) is 18.5 Å². The van der Waals surface area contributed by atoms with Crippen LogP contribution in [-0.4, -0.2) is 24.7 Å². The third-order valence-corrected chi connectivity index (χ3v) is 3.69. The van der Waals surface area contributed by atoms with Crippen molar-refractivity contribution in [2.75, 3.05) is 14.2 Å². The van der Waals surface area contributed by atoms with Gasteiger partial charge in [0.15, 0.2) is 0 Å². The molecule has 3 nitrogen and oxygen atoms in total. The lowest BCUT2D eigenvalue weighted by Crippen LogP contribution is -2.43. The number of rotatable bonds is 6. The van der Waals surface area contributed by atoms with E-state index in [1.807, 2.05) is 26.2 Å². The predicted molar refractivity (Wildman–Crippen MR) is 71.1 cm³/mol. The molecule has 1 aromatic heterocycles. The van der Waals surface area contributed by atoms with Gasteiger partial charge in [-0.25, -0.2) is 0 Å². The summed E-state index contributed by atoms with van der Waals surface area (Å²) in [5.41, 5.74) is 2.06. The number of methoxy groups -OCH3 is 1. The first kappa shape index (κ1) is 14.1. The smallest absolute Gasteiger partial charge is 0.0867 e. The second-order valence-electron chi connectivity index (χ2n) is 4.43. The SMILES string of the molecule is CCC(CC)(OC)C(NC)c1ccc(C)nc1. The Labute approximate surface area is 105 Å². The van der Waals surface area contributed by atoms with Crippen molar-refractivity contribution >= 4 is 0 Å². The fourth-order valence-corrected chi connectivity index (χ4v) is 2.45. The second kappa shape index (κ2) is 6.12. The summed E-state index contributed by atoms with van der Waals surface area (Å²) in [6, 6.07) is 4.35. The highest BCUT2D eigenvalue weighted by atomic mass is 16.5. The molecule has 3 heteroatoms. The van der Waals surface area contributed by atoms with Crippen molar-refractivity contribution in [1.29, 1.82) is 0 Å². The molecule has 0 spiro atoms. The Kier molecular flexibility index (Phi) is 5.09. The standard InChI is InChI=1S/C14H24N2O/c1-6-14(7-2,17-5)13(15-4)12-9-8-11(3)16-10-12/h8-10,13,15H,6-7H2,1-5H3. The molecule has 0 amide bonds. The fourth-order valence-electron chi connectivity index (χ4n) is 2.45. The maximum absolute atomic E-state index is 5.78. The molecule has 1 heterocycles. The van der Waals surface area contributed by atoms with Crippen LogP contribution in [0.25, 0.3) is 0 Å². The van der Waals surface area contributed by atoms with Crippen LogP contribution in [0.1, 0.15) is 44.0 Å². The number of ether oxygens (including phenoxy) is 1. The molecule has 0 bridgehead atoms. The number of hydrogen-bond acceptors (Lipinski definition) is 3. The molecule has 1 aromatic rings. The Morgan fingerprint density at radius 2 is 2.00 bits per heavy atom. The molecule has 0 aliphatic heterocycles. The van der Waals surface area contributed by atoms with Crippen molar-refractivity contribution in [1.82, 2.24) is 10.3 Å². The van der Waals surface area contributed by atoms with E-state index < -0.39 is 0 Å². The normalized spacial score (nSPS) is 13.7. The van der Waals surface area contributed by atoms with E-state index in [9.17, 15) is 0 Å². The van der Waals surface area contributed by atoms with Crippen LogP contribution in [0, 0.1) is 6.92 Å². The van der Waals surface area contributed by atoms with Crippen LogP contribution in [0.5, 0.6) is 0 Å². The zero-order valence-electron chi connectivity index (χ0n) is 11.6. The Bertz CT molecular complexity index is 322. The summed E-state index contributed by atoms with van der Waals surface area (Å²) in [6.45, 7) is 6.33. The van der Waals surface area contributed by atoms with E-state index in [1.54, 1.807) is 7.11 Å². The number of nitrogens with one attached hydrogen (secondary N) is 1. The highest BCUT2D eigenvalue weighted by Crippen LogP contribution is 2.34. The minimum Gasteiger partial charge on any atom is -0.376 e. The first-order valence-electron chi connectivity index (χ1n) is 6.28. The summed E-state index contributed by atoms with van der Waals surface area (Å²) in [5, 5.41) is 3.37. The molecule has 1 N–H and O–H groups in total. The molecule has 0 aliphatic rings. The lowest BCUT2D eigenvalue weighted by atomic mass is 9.84. The van der Waals surface area contributed by atoms with Crippen LogP contribution in [0.15, 0.2) is 18.3 Å². The quantitative estimate of drug-likeness (QED) is 0.824. The van der Waals surface area contributed by atoms with Crippen LogP contribution in [0.2, 0.25) is 0 Å². The summed E-state index contributed by atoms with van der Waals surface area (Å²) in [4.78, 5) is 4.37. The van der Waals surface area contributed by atoms with Crippen molar-refractivity contribution in [3.63, 3.8) is 0 Å². The van der Waals surface area contributed by atoms with Gasteiger partial charge >= 0.3 is 0 Å². The average molecular weight is 236 g/mol. The van der Waals surface area contributed by atoms with E-state index in [4.69, 9.17) is 4.74 Å². The Morgan fingerprint density at radius 3 is 2.35 bits per heavy atom. The first-order chi connectivity index (χ1) is 8.13. The van der Waals surface area contributed by atoms with Crippen LogP contribution < -0.4 is 5.32 Å². The molecule has 0 radical (unpaired) electrons. The van der Waals surface area contributed by atoms with Gasteiger partial charge in [-0.1, -0.05) is 19.9 Å². The Hall–Kier alpha value is -0.930. The summed E-state index contributed by atoms with van der Waals surface area (Å²) < 4.78 is 5.78. The molecule has 1 atom stereocenters. The van der Waals surface area contributed by atoms with Crippen LogP contribution in [0.3, 0.4) is 0 Å². The van der Waals surface area contributed by atoms with E-state index >= 15 is 0 Å². The van der Waals surface area contributed by atoms with Gasteiger partial charge < -0.3 is 10.1 Å². The molecule has 1 unspecified atom stereocenters. The molecule has 0 saturated carbocycles. The van der Waals surface area contributed by atoms with Gasteiger partial charge in [-0.05, 0) is 38.4 Å².